The predicted octanol–water partition coefficient (Wildman–Crippen LogP) is 5.67. The standard InChI is InChI=1S/C28H33N3O5S2/c1-27(2)13-19-14-28(3,16-27)17-31(19)38(33,34)21-9-6-18(7-10-21)25(32)30-26-29-23(15-37-26)22-11-8-20(35-4)12-24(22)36-5/h6-12,15,19H,13-14,16-17H2,1-5H3,(H,29,30,32)/t19-,28+/m1/s1. The van der Waals surface area contributed by atoms with Gasteiger partial charge in [0, 0.05) is 35.2 Å². The molecule has 2 atom stereocenters. The molecular weight excluding hydrogens is 522 g/mol. The van der Waals surface area contributed by atoms with Crippen LogP contribution in [0.15, 0.2) is 52.7 Å². The fraction of sp³-hybridized carbons (Fsp3) is 0.429. The van der Waals surface area contributed by atoms with Crippen LogP contribution in [-0.2, 0) is 10.0 Å². The summed E-state index contributed by atoms with van der Waals surface area (Å²) in [4.78, 5) is 17.6. The number of carbonyl (C=O) groups excluding carboxylic acids is 1. The van der Waals surface area contributed by atoms with Crippen molar-refractivity contribution in [1.29, 1.82) is 0 Å². The minimum Gasteiger partial charge on any atom is -0.497 e. The third-order valence-corrected chi connectivity index (χ3v) is 10.2. The normalized spacial score (nSPS) is 22.7. The number of benzene rings is 2. The number of anilines is 1. The van der Waals surface area contributed by atoms with Crippen LogP contribution < -0.4 is 14.8 Å². The largest absolute Gasteiger partial charge is 0.497 e. The van der Waals surface area contributed by atoms with Gasteiger partial charge in [0.05, 0.1) is 24.8 Å². The van der Waals surface area contributed by atoms with Gasteiger partial charge < -0.3 is 9.47 Å². The molecule has 3 aromatic rings. The lowest BCUT2D eigenvalue weighted by molar-refractivity contribution is 0.102. The highest BCUT2D eigenvalue weighted by Crippen LogP contribution is 2.53. The number of nitrogens with zero attached hydrogens (tertiary/aromatic N) is 2. The monoisotopic (exact) mass is 555 g/mol. The van der Waals surface area contributed by atoms with Crippen molar-refractivity contribution < 1.29 is 22.7 Å². The molecule has 2 aromatic carbocycles. The number of amides is 1. The quantitative estimate of drug-likeness (QED) is 0.404. The van der Waals surface area contributed by atoms with Crippen molar-refractivity contribution in [1.82, 2.24) is 9.29 Å². The summed E-state index contributed by atoms with van der Waals surface area (Å²) in [5.74, 6) is 0.928. The highest BCUT2D eigenvalue weighted by Gasteiger charge is 2.53. The smallest absolute Gasteiger partial charge is 0.257 e. The molecule has 1 N–H and O–H groups in total. The number of sulfonamides is 1. The molecule has 0 spiro atoms. The molecule has 1 aliphatic carbocycles. The summed E-state index contributed by atoms with van der Waals surface area (Å²) in [7, 11) is -0.485. The fourth-order valence-corrected chi connectivity index (χ4v) is 8.72. The van der Waals surface area contributed by atoms with Crippen LogP contribution in [0, 0.1) is 10.8 Å². The van der Waals surface area contributed by atoms with Crippen molar-refractivity contribution in [3.8, 4) is 22.8 Å². The van der Waals surface area contributed by atoms with E-state index in [-0.39, 0.29) is 27.7 Å². The Bertz CT molecular complexity index is 1470. The molecule has 2 fully saturated rings. The van der Waals surface area contributed by atoms with Crippen molar-refractivity contribution in [2.75, 3.05) is 26.1 Å². The Morgan fingerprint density at radius 2 is 1.82 bits per heavy atom. The highest BCUT2D eigenvalue weighted by atomic mass is 32.2. The Hall–Kier alpha value is -2.95. The van der Waals surface area contributed by atoms with Gasteiger partial charge in [0.2, 0.25) is 10.0 Å². The van der Waals surface area contributed by atoms with E-state index < -0.39 is 10.0 Å². The number of rotatable bonds is 7. The van der Waals surface area contributed by atoms with E-state index in [9.17, 15) is 13.2 Å². The third kappa shape index (κ3) is 5.04. The number of hydrogen-bond acceptors (Lipinski definition) is 7. The summed E-state index contributed by atoms with van der Waals surface area (Å²) in [6, 6.07) is 11.6. The maximum atomic E-state index is 13.5. The molecule has 1 aliphatic heterocycles. The minimum absolute atomic E-state index is 0.00170. The molecule has 8 nitrogen and oxygen atoms in total. The topological polar surface area (TPSA) is 97.8 Å². The molecule has 5 rings (SSSR count). The van der Waals surface area contributed by atoms with Crippen LogP contribution in [0.4, 0.5) is 5.13 Å². The molecule has 1 saturated heterocycles. The van der Waals surface area contributed by atoms with Gasteiger partial charge in [0.1, 0.15) is 11.5 Å². The predicted molar refractivity (Wildman–Crippen MR) is 148 cm³/mol. The lowest BCUT2D eigenvalue weighted by Gasteiger charge is -2.39. The van der Waals surface area contributed by atoms with Gasteiger partial charge in [-0.3, -0.25) is 10.1 Å². The van der Waals surface area contributed by atoms with E-state index >= 15 is 0 Å². The van der Waals surface area contributed by atoms with Crippen LogP contribution in [0.3, 0.4) is 0 Å². The lowest BCUT2D eigenvalue weighted by atomic mass is 9.65. The van der Waals surface area contributed by atoms with Gasteiger partial charge in [-0.25, -0.2) is 13.4 Å². The Labute approximate surface area is 228 Å². The average Bonchev–Trinajstić information content (AvgIpc) is 3.44. The molecule has 1 amide bonds. The van der Waals surface area contributed by atoms with E-state index in [4.69, 9.17) is 9.47 Å². The SMILES string of the molecule is COc1ccc(-c2csc(NC(=O)c3ccc(S(=O)(=O)N4C[C@@]5(C)C[C@H]4CC(C)(C)C5)cc3)n2)c(OC)c1. The van der Waals surface area contributed by atoms with Crippen LogP contribution in [0.1, 0.15) is 50.4 Å². The first-order valence-corrected chi connectivity index (χ1v) is 14.9. The number of carbonyl (C=O) groups is 1. The first-order chi connectivity index (χ1) is 17.9. The maximum absolute atomic E-state index is 13.5. The van der Waals surface area contributed by atoms with Crippen LogP contribution in [0.25, 0.3) is 11.3 Å². The lowest BCUT2D eigenvalue weighted by Crippen LogP contribution is -2.37. The molecule has 2 bridgehead atoms. The van der Waals surface area contributed by atoms with Gasteiger partial charge in [-0.2, -0.15) is 4.31 Å². The molecule has 10 heteroatoms. The number of fused-ring (bicyclic) bond motifs is 2. The molecule has 202 valence electrons. The maximum Gasteiger partial charge on any atom is 0.257 e. The summed E-state index contributed by atoms with van der Waals surface area (Å²) in [5, 5.41) is 5.08. The van der Waals surface area contributed by atoms with Crippen LogP contribution in [0.2, 0.25) is 0 Å². The second-order valence-electron chi connectivity index (χ2n) is 11.3. The first kappa shape index (κ1) is 26.6. The number of aromatic nitrogens is 1. The summed E-state index contributed by atoms with van der Waals surface area (Å²) in [6.45, 7) is 7.18. The molecule has 38 heavy (non-hydrogen) atoms. The van der Waals surface area contributed by atoms with E-state index in [0.717, 1.165) is 24.8 Å². The number of ether oxygens (including phenoxy) is 2. The Morgan fingerprint density at radius 3 is 2.50 bits per heavy atom. The fourth-order valence-electron chi connectivity index (χ4n) is 6.24. The average molecular weight is 556 g/mol. The molecule has 2 heterocycles. The van der Waals surface area contributed by atoms with E-state index in [1.807, 2.05) is 17.5 Å². The summed E-state index contributed by atoms with van der Waals surface area (Å²) >= 11 is 1.30. The summed E-state index contributed by atoms with van der Waals surface area (Å²) in [5.41, 5.74) is 1.93. The Kier molecular flexibility index (Phi) is 6.77. The van der Waals surface area contributed by atoms with E-state index in [0.29, 0.717) is 34.4 Å². The van der Waals surface area contributed by atoms with E-state index in [2.05, 4.69) is 31.1 Å². The molecular formula is C28H33N3O5S2. The van der Waals surface area contributed by atoms with Crippen molar-refractivity contribution in [3.05, 3.63) is 53.4 Å². The van der Waals surface area contributed by atoms with Crippen molar-refractivity contribution >= 4 is 32.4 Å². The van der Waals surface area contributed by atoms with E-state index in [1.54, 1.807) is 36.7 Å². The second-order valence-corrected chi connectivity index (χ2v) is 14.1. The van der Waals surface area contributed by atoms with Gasteiger partial charge in [-0.15, -0.1) is 11.3 Å². The number of thiazole rings is 1. The minimum atomic E-state index is -3.65. The molecule has 0 radical (unpaired) electrons. The van der Waals surface area contributed by atoms with Gasteiger partial charge in [-0.1, -0.05) is 20.8 Å². The number of nitrogens with one attached hydrogen (secondary N) is 1. The van der Waals surface area contributed by atoms with Crippen LogP contribution >= 0.6 is 11.3 Å². The molecule has 0 unspecified atom stereocenters. The first-order valence-electron chi connectivity index (χ1n) is 12.5. The van der Waals surface area contributed by atoms with Crippen molar-refractivity contribution in [2.45, 2.75) is 51.0 Å². The Morgan fingerprint density at radius 1 is 1.08 bits per heavy atom. The zero-order valence-corrected chi connectivity index (χ0v) is 23.9. The van der Waals surface area contributed by atoms with Gasteiger partial charge in [-0.05, 0) is 66.5 Å². The Balaban J connectivity index is 1.30. The third-order valence-electron chi connectivity index (χ3n) is 7.50. The second kappa shape index (κ2) is 9.66. The number of methoxy groups -OCH3 is 2. The van der Waals surface area contributed by atoms with Crippen molar-refractivity contribution in [3.63, 3.8) is 0 Å². The summed E-state index contributed by atoms with van der Waals surface area (Å²) < 4.78 is 39.5. The van der Waals surface area contributed by atoms with Crippen LogP contribution in [-0.4, -0.2) is 50.4 Å². The zero-order chi connectivity index (χ0) is 27.3. The van der Waals surface area contributed by atoms with Gasteiger partial charge >= 0.3 is 0 Å². The van der Waals surface area contributed by atoms with Gasteiger partial charge in [0.25, 0.3) is 5.91 Å². The zero-order valence-electron chi connectivity index (χ0n) is 22.3. The molecule has 1 saturated carbocycles. The number of hydrogen-bond donors (Lipinski definition) is 1. The summed E-state index contributed by atoms with van der Waals surface area (Å²) in [6.07, 6.45) is 2.78. The van der Waals surface area contributed by atoms with Gasteiger partial charge in [0.15, 0.2) is 5.13 Å². The van der Waals surface area contributed by atoms with E-state index in [1.165, 1.54) is 23.5 Å². The molecule has 2 aliphatic rings. The molecule has 1 aromatic heterocycles. The van der Waals surface area contributed by atoms with Crippen molar-refractivity contribution in [2.24, 2.45) is 10.8 Å². The van der Waals surface area contributed by atoms with Crippen LogP contribution in [0.5, 0.6) is 11.5 Å². The highest BCUT2D eigenvalue weighted by molar-refractivity contribution is 7.89.